The molecule has 0 unspecified atom stereocenters. The molecule has 2 heteroatoms. The van der Waals surface area contributed by atoms with Crippen molar-refractivity contribution in [3.8, 4) is 11.1 Å². The fourth-order valence-electron chi connectivity index (χ4n) is 1.77. The van der Waals surface area contributed by atoms with Gasteiger partial charge in [-0.1, -0.05) is 30.3 Å². The Hall–Kier alpha value is -1.80. The maximum absolute atomic E-state index is 5.80. The highest BCUT2D eigenvalue weighted by atomic mass is 14.5. The molecule has 0 fully saturated rings. The first-order valence-electron chi connectivity index (χ1n) is 5.36. The van der Waals surface area contributed by atoms with Crippen LogP contribution in [0, 0.1) is 6.92 Å². The van der Waals surface area contributed by atoms with Crippen molar-refractivity contribution in [3.63, 3.8) is 0 Å². The van der Waals surface area contributed by atoms with E-state index < -0.39 is 0 Å². The zero-order valence-corrected chi connectivity index (χ0v) is 9.40. The second-order valence-corrected chi connectivity index (χ2v) is 3.98. The fourth-order valence-corrected chi connectivity index (χ4v) is 1.77. The van der Waals surface area contributed by atoms with E-state index in [0.29, 0.717) is 6.54 Å². The van der Waals surface area contributed by atoms with Crippen molar-refractivity contribution in [2.75, 3.05) is 5.73 Å². The number of anilines is 1. The summed E-state index contributed by atoms with van der Waals surface area (Å²) >= 11 is 0. The van der Waals surface area contributed by atoms with Gasteiger partial charge in [0.15, 0.2) is 0 Å². The maximum Gasteiger partial charge on any atom is 0.0320 e. The predicted octanol–water partition coefficient (Wildman–Crippen LogP) is 2.70. The second kappa shape index (κ2) is 4.37. The molecule has 0 heterocycles. The minimum absolute atomic E-state index is 0.580. The number of benzene rings is 2. The van der Waals surface area contributed by atoms with Crippen molar-refractivity contribution >= 4 is 5.69 Å². The van der Waals surface area contributed by atoms with Crippen LogP contribution in [0.2, 0.25) is 0 Å². The zero-order valence-electron chi connectivity index (χ0n) is 9.40. The summed E-state index contributed by atoms with van der Waals surface area (Å²) < 4.78 is 0. The Kier molecular flexibility index (Phi) is 2.93. The molecule has 4 N–H and O–H groups in total. The van der Waals surface area contributed by atoms with Crippen LogP contribution in [0.1, 0.15) is 11.1 Å². The van der Waals surface area contributed by atoms with Gasteiger partial charge < -0.3 is 11.5 Å². The molecule has 0 aliphatic rings. The van der Waals surface area contributed by atoms with E-state index in [4.69, 9.17) is 11.5 Å². The first kappa shape index (κ1) is 10.7. The van der Waals surface area contributed by atoms with Crippen molar-refractivity contribution < 1.29 is 0 Å². The van der Waals surface area contributed by atoms with Crippen molar-refractivity contribution in [2.24, 2.45) is 5.73 Å². The van der Waals surface area contributed by atoms with Crippen LogP contribution in [0.3, 0.4) is 0 Å². The number of hydrogen-bond acceptors (Lipinski definition) is 2. The highest BCUT2D eigenvalue weighted by molar-refractivity contribution is 5.70. The van der Waals surface area contributed by atoms with E-state index >= 15 is 0 Å². The zero-order chi connectivity index (χ0) is 11.5. The summed E-state index contributed by atoms with van der Waals surface area (Å²) in [6.45, 7) is 2.67. The lowest BCUT2D eigenvalue weighted by atomic mass is 9.99. The molecule has 2 aromatic carbocycles. The molecular weight excluding hydrogens is 196 g/mol. The van der Waals surface area contributed by atoms with Gasteiger partial charge in [0.2, 0.25) is 0 Å². The maximum atomic E-state index is 5.80. The van der Waals surface area contributed by atoms with Gasteiger partial charge >= 0.3 is 0 Å². The van der Waals surface area contributed by atoms with Crippen molar-refractivity contribution in [1.29, 1.82) is 0 Å². The SMILES string of the molecule is Cc1ccc(N)cc1-c1ccc(CN)cc1. The standard InChI is InChI=1S/C14H16N2/c1-10-2-7-13(16)8-14(10)12-5-3-11(9-15)4-6-12/h2-8H,9,15-16H2,1H3. The van der Waals surface area contributed by atoms with E-state index in [1.54, 1.807) is 0 Å². The molecule has 0 aliphatic heterocycles. The molecule has 0 aliphatic carbocycles. The summed E-state index contributed by atoms with van der Waals surface area (Å²) in [5, 5.41) is 0. The van der Waals surface area contributed by atoms with Crippen molar-refractivity contribution in [1.82, 2.24) is 0 Å². The molecule has 0 spiro atoms. The third-order valence-electron chi connectivity index (χ3n) is 2.76. The van der Waals surface area contributed by atoms with Crippen LogP contribution < -0.4 is 11.5 Å². The molecule has 82 valence electrons. The van der Waals surface area contributed by atoms with Crippen molar-refractivity contribution in [2.45, 2.75) is 13.5 Å². The average molecular weight is 212 g/mol. The summed E-state index contributed by atoms with van der Waals surface area (Å²) in [5.74, 6) is 0. The molecule has 2 nitrogen and oxygen atoms in total. The fraction of sp³-hybridized carbons (Fsp3) is 0.143. The van der Waals surface area contributed by atoms with Gasteiger partial charge in [-0.15, -0.1) is 0 Å². The summed E-state index contributed by atoms with van der Waals surface area (Å²) in [7, 11) is 0. The van der Waals surface area contributed by atoms with Crippen LogP contribution >= 0.6 is 0 Å². The van der Waals surface area contributed by atoms with Gasteiger partial charge in [0.05, 0.1) is 0 Å². The molecule has 0 saturated carbocycles. The molecule has 0 aromatic heterocycles. The normalized spacial score (nSPS) is 10.4. The van der Waals surface area contributed by atoms with Gasteiger partial charge in [-0.2, -0.15) is 0 Å². The number of rotatable bonds is 2. The van der Waals surface area contributed by atoms with Crippen molar-refractivity contribution in [3.05, 3.63) is 53.6 Å². The second-order valence-electron chi connectivity index (χ2n) is 3.98. The molecule has 0 saturated heterocycles. The average Bonchev–Trinajstić information content (AvgIpc) is 2.32. The highest BCUT2D eigenvalue weighted by Crippen LogP contribution is 2.25. The Labute approximate surface area is 95.9 Å². The Morgan fingerprint density at radius 3 is 2.31 bits per heavy atom. The van der Waals surface area contributed by atoms with Gasteiger partial charge in [0, 0.05) is 12.2 Å². The molecule has 16 heavy (non-hydrogen) atoms. The smallest absolute Gasteiger partial charge is 0.0320 e. The quantitative estimate of drug-likeness (QED) is 0.752. The van der Waals surface area contributed by atoms with Crippen LogP contribution in [0.15, 0.2) is 42.5 Å². The van der Waals surface area contributed by atoms with E-state index in [0.717, 1.165) is 11.3 Å². The number of nitrogen functional groups attached to an aromatic ring is 1. The molecule has 0 radical (unpaired) electrons. The number of aryl methyl sites for hydroxylation is 1. The third-order valence-corrected chi connectivity index (χ3v) is 2.76. The van der Waals surface area contributed by atoms with Gasteiger partial charge in [-0.05, 0) is 41.3 Å². The van der Waals surface area contributed by atoms with E-state index in [9.17, 15) is 0 Å². The number of nitrogens with two attached hydrogens (primary N) is 2. The number of hydrogen-bond donors (Lipinski definition) is 2. The predicted molar refractivity (Wildman–Crippen MR) is 68.9 cm³/mol. The van der Waals surface area contributed by atoms with Crippen LogP contribution in [-0.4, -0.2) is 0 Å². The molecule has 0 atom stereocenters. The molecule has 2 aromatic rings. The van der Waals surface area contributed by atoms with Gasteiger partial charge in [0.25, 0.3) is 0 Å². The summed E-state index contributed by atoms with van der Waals surface area (Å²) in [6, 6.07) is 14.3. The Balaban J connectivity index is 2.45. The summed E-state index contributed by atoms with van der Waals surface area (Å²) in [6.07, 6.45) is 0. The van der Waals surface area contributed by atoms with E-state index in [1.165, 1.54) is 16.7 Å². The van der Waals surface area contributed by atoms with Crippen LogP contribution in [0.5, 0.6) is 0 Å². The third kappa shape index (κ3) is 2.07. The molecule has 0 bridgehead atoms. The lowest BCUT2D eigenvalue weighted by molar-refractivity contribution is 1.07. The van der Waals surface area contributed by atoms with Crippen LogP contribution in [0.25, 0.3) is 11.1 Å². The minimum atomic E-state index is 0.580. The Morgan fingerprint density at radius 2 is 1.69 bits per heavy atom. The topological polar surface area (TPSA) is 52.0 Å². The summed E-state index contributed by atoms with van der Waals surface area (Å²) in [4.78, 5) is 0. The lowest BCUT2D eigenvalue weighted by Crippen LogP contribution is -1.95. The minimum Gasteiger partial charge on any atom is -0.399 e. The van der Waals surface area contributed by atoms with Gasteiger partial charge in [-0.25, -0.2) is 0 Å². The van der Waals surface area contributed by atoms with E-state index in [2.05, 4.69) is 31.2 Å². The van der Waals surface area contributed by atoms with Gasteiger partial charge in [-0.3, -0.25) is 0 Å². The first-order valence-corrected chi connectivity index (χ1v) is 5.36. The Morgan fingerprint density at radius 1 is 1.00 bits per heavy atom. The summed E-state index contributed by atoms with van der Waals surface area (Å²) in [5.41, 5.74) is 16.9. The van der Waals surface area contributed by atoms with E-state index in [1.807, 2.05) is 18.2 Å². The van der Waals surface area contributed by atoms with E-state index in [-0.39, 0.29) is 0 Å². The Bertz CT molecular complexity index is 487. The van der Waals surface area contributed by atoms with Gasteiger partial charge in [0.1, 0.15) is 0 Å². The largest absolute Gasteiger partial charge is 0.399 e. The van der Waals surface area contributed by atoms with Crippen LogP contribution in [-0.2, 0) is 6.54 Å². The van der Waals surface area contributed by atoms with Crippen LogP contribution in [0.4, 0.5) is 5.69 Å². The first-order chi connectivity index (χ1) is 7.70. The highest BCUT2D eigenvalue weighted by Gasteiger charge is 2.02. The lowest BCUT2D eigenvalue weighted by Gasteiger charge is -2.08. The monoisotopic (exact) mass is 212 g/mol. The molecule has 0 amide bonds. The molecule has 2 rings (SSSR count). The molecular formula is C14H16N2.